The predicted molar refractivity (Wildman–Crippen MR) is 82.0 cm³/mol. The molecule has 23 heavy (non-hydrogen) atoms. The number of aliphatic hydroxyl groups excluding tert-OH is 4. The Labute approximate surface area is 135 Å². The number of ether oxygens (including phenoxy) is 1. The Balaban J connectivity index is 2.06. The zero-order valence-corrected chi connectivity index (χ0v) is 13.2. The van der Waals surface area contributed by atoms with Gasteiger partial charge in [-0.2, -0.15) is 5.06 Å². The minimum atomic E-state index is -1.41. The molecule has 130 valence electrons. The topological polar surface area (TPSA) is 103 Å². The van der Waals surface area contributed by atoms with E-state index in [1.165, 1.54) is 5.06 Å². The average molecular weight is 327 g/mol. The first-order valence-electron chi connectivity index (χ1n) is 7.82. The summed E-state index contributed by atoms with van der Waals surface area (Å²) in [6, 6.07) is 9.53. The smallest absolute Gasteiger partial charge is 0.162 e. The molecule has 1 aromatic carbocycles. The lowest BCUT2D eigenvalue weighted by Crippen LogP contribution is -2.63. The first kappa shape index (κ1) is 18.3. The van der Waals surface area contributed by atoms with Gasteiger partial charge in [-0.15, -0.1) is 0 Å². The van der Waals surface area contributed by atoms with Gasteiger partial charge in [-0.3, -0.25) is 4.84 Å². The Hall–Kier alpha value is -1.06. The second-order valence-corrected chi connectivity index (χ2v) is 5.62. The van der Waals surface area contributed by atoms with Gasteiger partial charge in [0.25, 0.3) is 0 Å². The Morgan fingerprint density at radius 3 is 2.39 bits per heavy atom. The molecule has 0 unspecified atom stereocenters. The highest BCUT2D eigenvalue weighted by Gasteiger charge is 2.46. The van der Waals surface area contributed by atoms with Crippen LogP contribution in [0.15, 0.2) is 30.3 Å². The number of benzene rings is 1. The molecule has 1 saturated heterocycles. The van der Waals surface area contributed by atoms with Crippen LogP contribution in [-0.2, 0) is 16.2 Å². The first-order valence-corrected chi connectivity index (χ1v) is 7.82. The normalized spacial score (nSPS) is 31.5. The van der Waals surface area contributed by atoms with Crippen molar-refractivity contribution < 1.29 is 30.0 Å². The van der Waals surface area contributed by atoms with Gasteiger partial charge in [0, 0.05) is 6.54 Å². The summed E-state index contributed by atoms with van der Waals surface area (Å²) >= 11 is 0. The molecule has 2 rings (SSSR count). The van der Waals surface area contributed by atoms with Crippen LogP contribution in [0, 0.1) is 0 Å². The van der Waals surface area contributed by atoms with E-state index in [4.69, 9.17) is 9.57 Å². The van der Waals surface area contributed by atoms with Crippen LogP contribution in [0.2, 0.25) is 0 Å². The molecule has 1 aliphatic rings. The fourth-order valence-electron chi connectivity index (χ4n) is 2.54. The van der Waals surface area contributed by atoms with Gasteiger partial charge < -0.3 is 25.2 Å². The van der Waals surface area contributed by atoms with Crippen LogP contribution in [0.5, 0.6) is 0 Å². The molecule has 1 aromatic rings. The third-order valence-electron chi connectivity index (χ3n) is 3.83. The maximum atomic E-state index is 10.2. The van der Waals surface area contributed by atoms with Crippen molar-refractivity contribution in [3.05, 3.63) is 35.9 Å². The molecule has 5 atom stereocenters. The number of rotatable bonds is 7. The third kappa shape index (κ3) is 4.48. The standard InChI is InChI=1S/C16H25NO6/c1-2-8-17(22-10-11-6-4-3-5-7-11)16-15(21)14(20)13(19)12(9-18)23-16/h3-7,12-16,18-21H,2,8-10H2,1H3/t12-,13-,14+,15-,16-/m1/s1. The molecular formula is C16H25NO6. The average Bonchev–Trinajstić information content (AvgIpc) is 2.58. The second kappa shape index (κ2) is 8.70. The van der Waals surface area contributed by atoms with E-state index in [-0.39, 0.29) is 6.61 Å². The Bertz CT molecular complexity index is 457. The molecule has 4 N–H and O–H groups in total. The Kier molecular flexibility index (Phi) is 6.91. The molecule has 0 bridgehead atoms. The summed E-state index contributed by atoms with van der Waals surface area (Å²) in [5, 5.41) is 40.6. The van der Waals surface area contributed by atoms with Gasteiger partial charge in [0.15, 0.2) is 6.23 Å². The number of aliphatic hydroxyl groups is 4. The minimum absolute atomic E-state index is 0.288. The highest BCUT2D eigenvalue weighted by Crippen LogP contribution is 2.24. The summed E-state index contributed by atoms with van der Waals surface area (Å²) in [5.41, 5.74) is 0.957. The zero-order valence-electron chi connectivity index (χ0n) is 13.2. The maximum absolute atomic E-state index is 10.2. The van der Waals surface area contributed by atoms with E-state index in [0.29, 0.717) is 6.54 Å². The number of hydrogen-bond acceptors (Lipinski definition) is 7. The van der Waals surface area contributed by atoms with Gasteiger partial charge in [0.1, 0.15) is 24.4 Å². The predicted octanol–water partition coefficient (Wildman–Crippen LogP) is -0.370. The third-order valence-corrected chi connectivity index (χ3v) is 3.83. The Morgan fingerprint density at radius 1 is 1.09 bits per heavy atom. The number of hydrogen-bond donors (Lipinski definition) is 4. The molecule has 1 fully saturated rings. The molecule has 7 heteroatoms. The summed E-state index contributed by atoms with van der Waals surface area (Å²) in [5.74, 6) is 0. The summed E-state index contributed by atoms with van der Waals surface area (Å²) in [6.07, 6.45) is -5.29. The highest BCUT2D eigenvalue weighted by molar-refractivity contribution is 5.13. The molecule has 0 aromatic heterocycles. The van der Waals surface area contributed by atoms with Crippen molar-refractivity contribution in [2.45, 2.75) is 50.6 Å². The molecule has 1 aliphatic heterocycles. The van der Waals surface area contributed by atoms with Crippen LogP contribution in [0.25, 0.3) is 0 Å². The summed E-state index contributed by atoms with van der Waals surface area (Å²) in [7, 11) is 0. The van der Waals surface area contributed by atoms with Crippen molar-refractivity contribution in [2.75, 3.05) is 13.2 Å². The molecule has 0 radical (unpaired) electrons. The molecular weight excluding hydrogens is 302 g/mol. The van der Waals surface area contributed by atoms with E-state index < -0.39 is 37.3 Å². The van der Waals surface area contributed by atoms with Gasteiger partial charge in [-0.1, -0.05) is 37.3 Å². The van der Waals surface area contributed by atoms with Crippen LogP contribution in [0.1, 0.15) is 18.9 Å². The quantitative estimate of drug-likeness (QED) is 0.507. The Morgan fingerprint density at radius 2 is 1.78 bits per heavy atom. The van der Waals surface area contributed by atoms with Crippen molar-refractivity contribution in [1.29, 1.82) is 0 Å². The SMILES string of the molecule is CCCN(OCc1ccccc1)[C@@H]1O[C@H](CO)[C@@H](O)[C@H](O)[C@H]1O. The van der Waals surface area contributed by atoms with Gasteiger partial charge in [0.05, 0.1) is 13.2 Å². The van der Waals surface area contributed by atoms with Gasteiger partial charge in [-0.05, 0) is 12.0 Å². The van der Waals surface area contributed by atoms with Crippen molar-refractivity contribution >= 4 is 0 Å². The van der Waals surface area contributed by atoms with Gasteiger partial charge in [0.2, 0.25) is 0 Å². The molecule has 0 aliphatic carbocycles. The molecule has 0 saturated carbocycles. The fourth-order valence-corrected chi connectivity index (χ4v) is 2.54. The lowest BCUT2D eigenvalue weighted by molar-refractivity contribution is -0.338. The molecule has 1 heterocycles. The van der Waals surface area contributed by atoms with E-state index in [0.717, 1.165) is 12.0 Å². The number of hydroxylamine groups is 2. The second-order valence-electron chi connectivity index (χ2n) is 5.62. The van der Waals surface area contributed by atoms with Crippen LogP contribution in [-0.4, -0.2) is 69.3 Å². The van der Waals surface area contributed by atoms with E-state index >= 15 is 0 Å². The van der Waals surface area contributed by atoms with Crippen molar-refractivity contribution in [2.24, 2.45) is 0 Å². The van der Waals surface area contributed by atoms with Crippen LogP contribution in [0.4, 0.5) is 0 Å². The lowest BCUT2D eigenvalue weighted by Gasteiger charge is -2.43. The van der Waals surface area contributed by atoms with Crippen molar-refractivity contribution in [3.8, 4) is 0 Å². The highest BCUT2D eigenvalue weighted by atomic mass is 16.7. The summed E-state index contributed by atoms with van der Waals surface area (Å²) in [4.78, 5) is 5.73. The van der Waals surface area contributed by atoms with Crippen LogP contribution in [0.3, 0.4) is 0 Å². The summed E-state index contributed by atoms with van der Waals surface area (Å²) in [6.45, 7) is 2.24. The van der Waals surface area contributed by atoms with Gasteiger partial charge in [-0.25, -0.2) is 0 Å². The monoisotopic (exact) mass is 327 g/mol. The van der Waals surface area contributed by atoms with E-state index in [1.54, 1.807) is 0 Å². The van der Waals surface area contributed by atoms with Gasteiger partial charge >= 0.3 is 0 Å². The minimum Gasteiger partial charge on any atom is -0.394 e. The maximum Gasteiger partial charge on any atom is 0.162 e. The lowest BCUT2D eigenvalue weighted by atomic mass is 9.98. The molecule has 0 spiro atoms. The van der Waals surface area contributed by atoms with E-state index in [1.807, 2.05) is 37.3 Å². The number of nitrogens with zero attached hydrogens (tertiary/aromatic N) is 1. The van der Waals surface area contributed by atoms with E-state index in [2.05, 4.69) is 0 Å². The largest absolute Gasteiger partial charge is 0.394 e. The first-order chi connectivity index (χ1) is 11.1. The molecule has 0 amide bonds. The fraction of sp³-hybridized carbons (Fsp3) is 0.625. The van der Waals surface area contributed by atoms with E-state index in [9.17, 15) is 20.4 Å². The molecule has 7 nitrogen and oxygen atoms in total. The van der Waals surface area contributed by atoms with Crippen molar-refractivity contribution in [3.63, 3.8) is 0 Å². The summed E-state index contributed by atoms with van der Waals surface area (Å²) < 4.78 is 5.52. The van der Waals surface area contributed by atoms with Crippen molar-refractivity contribution in [1.82, 2.24) is 5.06 Å². The van der Waals surface area contributed by atoms with Crippen LogP contribution < -0.4 is 0 Å². The van der Waals surface area contributed by atoms with Crippen LogP contribution >= 0.6 is 0 Å². The zero-order chi connectivity index (χ0) is 16.8.